The lowest BCUT2D eigenvalue weighted by atomic mass is 9.98. The molecule has 0 amide bonds. The fourth-order valence-corrected chi connectivity index (χ4v) is 0.947. The number of aliphatic hydroxyl groups is 4. The van der Waals surface area contributed by atoms with Gasteiger partial charge in [0.2, 0.25) is 0 Å². The Hall–Kier alpha value is -1.30. The average molecular weight is 230 g/mol. The molecule has 0 saturated carbocycles. The first kappa shape index (κ1) is 14.7. The van der Waals surface area contributed by atoms with Crippen LogP contribution in [0, 0.1) is 11.3 Å². The van der Waals surface area contributed by atoms with Crippen LogP contribution >= 0.6 is 0 Å². The standard InChI is InChI=1S/C9H14N2O5/c10-3-1-2-5(13)7(11)9(16)8(15)6(14)4-12/h1-2,6-9,12,14-16H,4,11H2/t6-,7+,8-,9-/m1/s1. The van der Waals surface area contributed by atoms with Gasteiger partial charge in [-0.25, -0.2) is 0 Å². The lowest BCUT2D eigenvalue weighted by molar-refractivity contribution is -0.124. The van der Waals surface area contributed by atoms with Gasteiger partial charge in [0.25, 0.3) is 0 Å². The lowest BCUT2D eigenvalue weighted by Gasteiger charge is -2.24. The topological polar surface area (TPSA) is 148 Å². The van der Waals surface area contributed by atoms with E-state index >= 15 is 0 Å². The average Bonchev–Trinajstić information content (AvgIpc) is 2.31. The maximum Gasteiger partial charge on any atom is 0.175 e. The Kier molecular flexibility index (Phi) is 6.48. The smallest absolute Gasteiger partial charge is 0.175 e. The van der Waals surface area contributed by atoms with Gasteiger partial charge in [-0.05, 0) is 6.08 Å². The molecule has 0 spiro atoms. The summed E-state index contributed by atoms with van der Waals surface area (Å²) < 4.78 is 0. The van der Waals surface area contributed by atoms with Gasteiger partial charge in [-0.3, -0.25) is 4.79 Å². The molecule has 0 fully saturated rings. The van der Waals surface area contributed by atoms with Gasteiger partial charge in [-0.15, -0.1) is 0 Å². The van der Waals surface area contributed by atoms with Crippen molar-refractivity contribution < 1.29 is 25.2 Å². The van der Waals surface area contributed by atoms with Gasteiger partial charge in [0, 0.05) is 6.08 Å². The SMILES string of the molecule is N#CC=CC(=O)[C@H](N)[C@@H](O)[C@H](O)[C@H](O)CO. The summed E-state index contributed by atoms with van der Waals surface area (Å²) in [6, 6.07) is 0.0936. The van der Waals surface area contributed by atoms with Crippen molar-refractivity contribution in [1.82, 2.24) is 0 Å². The van der Waals surface area contributed by atoms with Crippen LogP contribution in [-0.2, 0) is 4.79 Å². The number of carbonyl (C=O) groups is 1. The minimum atomic E-state index is -1.74. The number of nitrogens with zero attached hydrogens (tertiary/aromatic N) is 1. The number of hydrogen-bond donors (Lipinski definition) is 5. The van der Waals surface area contributed by atoms with Gasteiger partial charge in [0.15, 0.2) is 5.78 Å². The quantitative estimate of drug-likeness (QED) is 0.242. The summed E-state index contributed by atoms with van der Waals surface area (Å²) in [5, 5.41) is 44.3. The summed E-state index contributed by atoms with van der Waals surface area (Å²) in [4.78, 5) is 11.2. The second-order valence-corrected chi connectivity index (χ2v) is 3.12. The summed E-state index contributed by atoms with van der Waals surface area (Å²) in [5.41, 5.74) is 5.28. The molecule has 7 nitrogen and oxygen atoms in total. The van der Waals surface area contributed by atoms with E-state index in [0.29, 0.717) is 0 Å². The van der Waals surface area contributed by atoms with E-state index in [9.17, 15) is 15.0 Å². The van der Waals surface area contributed by atoms with Crippen LogP contribution in [0.1, 0.15) is 0 Å². The first-order chi connectivity index (χ1) is 7.45. The number of aliphatic hydroxyl groups excluding tert-OH is 4. The third-order valence-electron chi connectivity index (χ3n) is 1.95. The molecule has 0 saturated heterocycles. The van der Waals surface area contributed by atoms with E-state index in [1.165, 1.54) is 0 Å². The van der Waals surface area contributed by atoms with Crippen LogP contribution in [-0.4, -0.2) is 57.2 Å². The van der Waals surface area contributed by atoms with Crippen LogP contribution in [0.2, 0.25) is 0 Å². The molecule has 0 heterocycles. The summed E-state index contributed by atoms with van der Waals surface area (Å²) in [5.74, 6) is -0.766. The minimum Gasteiger partial charge on any atom is -0.394 e. The summed E-state index contributed by atoms with van der Waals surface area (Å²) >= 11 is 0. The van der Waals surface area contributed by atoms with Crippen LogP contribution in [0.3, 0.4) is 0 Å². The highest BCUT2D eigenvalue weighted by atomic mass is 16.4. The third kappa shape index (κ3) is 4.06. The maximum atomic E-state index is 11.2. The first-order valence-electron chi connectivity index (χ1n) is 4.46. The monoisotopic (exact) mass is 230 g/mol. The van der Waals surface area contributed by atoms with Crippen molar-refractivity contribution in [2.75, 3.05) is 6.61 Å². The molecular formula is C9H14N2O5. The molecule has 0 radical (unpaired) electrons. The minimum absolute atomic E-state index is 0.766. The van der Waals surface area contributed by atoms with Crippen molar-refractivity contribution in [2.24, 2.45) is 5.73 Å². The number of nitriles is 1. The molecule has 90 valence electrons. The van der Waals surface area contributed by atoms with E-state index in [1.54, 1.807) is 6.07 Å². The van der Waals surface area contributed by atoms with Crippen LogP contribution in [0.25, 0.3) is 0 Å². The molecule has 0 rings (SSSR count). The Bertz CT molecular complexity index is 299. The first-order valence-corrected chi connectivity index (χ1v) is 4.46. The van der Waals surface area contributed by atoms with E-state index < -0.39 is 36.7 Å². The highest BCUT2D eigenvalue weighted by Crippen LogP contribution is 2.04. The molecule has 0 bridgehead atoms. The van der Waals surface area contributed by atoms with Crippen LogP contribution in [0.15, 0.2) is 12.2 Å². The Labute approximate surface area is 92.0 Å². The summed E-state index contributed by atoms with van der Waals surface area (Å²) in [6.07, 6.45) is -3.32. The number of carbonyl (C=O) groups excluding carboxylic acids is 1. The van der Waals surface area contributed by atoms with Gasteiger partial charge in [-0.2, -0.15) is 5.26 Å². The van der Waals surface area contributed by atoms with E-state index in [4.69, 9.17) is 21.2 Å². The molecule has 4 atom stereocenters. The molecule has 0 aromatic heterocycles. The normalized spacial score (nSPS) is 18.8. The molecule has 16 heavy (non-hydrogen) atoms. The zero-order chi connectivity index (χ0) is 12.7. The molecule has 0 aromatic carbocycles. The number of ketones is 1. The van der Waals surface area contributed by atoms with Crippen molar-refractivity contribution in [1.29, 1.82) is 5.26 Å². The zero-order valence-electron chi connectivity index (χ0n) is 8.39. The van der Waals surface area contributed by atoms with Gasteiger partial charge < -0.3 is 26.2 Å². The predicted octanol–water partition coefficient (Wildman–Crippen LogP) is -2.96. The maximum absolute atomic E-state index is 11.2. The predicted molar refractivity (Wildman–Crippen MR) is 52.8 cm³/mol. The fraction of sp³-hybridized carbons (Fsp3) is 0.556. The summed E-state index contributed by atoms with van der Waals surface area (Å²) in [7, 11) is 0. The van der Waals surface area contributed by atoms with Gasteiger partial charge in [-0.1, -0.05) is 0 Å². The fourth-order valence-electron chi connectivity index (χ4n) is 0.947. The highest BCUT2D eigenvalue weighted by molar-refractivity contribution is 5.94. The van der Waals surface area contributed by atoms with Crippen molar-refractivity contribution in [3.8, 4) is 6.07 Å². The summed E-state index contributed by atoms with van der Waals surface area (Å²) in [6.45, 7) is -0.771. The number of rotatable bonds is 6. The second-order valence-electron chi connectivity index (χ2n) is 3.12. The Morgan fingerprint density at radius 1 is 1.38 bits per heavy atom. The molecule has 0 aliphatic rings. The second kappa shape index (κ2) is 7.05. The Balaban J connectivity index is 4.49. The highest BCUT2D eigenvalue weighted by Gasteiger charge is 2.31. The lowest BCUT2D eigenvalue weighted by Crippen LogP contribution is -2.52. The number of allylic oxidation sites excluding steroid dienone is 1. The van der Waals surface area contributed by atoms with Crippen molar-refractivity contribution >= 4 is 5.78 Å². The Morgan fingerprint density at radius 2 is 1.94 bits per heavy atom. The van der Waals surface area contributed by atoms with Crippen LogP contribution in [0.5, 0.6) is 0 Å². The number of nitrogens with two attached hydrogens (primary N) is 1. The van der Waals surface area contributed by atoms with Crippen LogP contribution in [0.4, 0.5) is 0 Å². The van der Waals surface area contributed by atoms with Gasteiger partial charge >= 0.3 is 0 Å². The third-order valence-corrected chi connectivity index (χ3v) is 1.95. The van der Waals surface area contributed by atoms with E-state index in [-0.39, 0.29) is 0 Å². The molecule has 0 aliphatic heterocycles. The van der Waals surface area contributed by atoms with E-state index in [1.807, 2.05) is 0 Å². The van der Waals surface area contributed by atoms with Gasteiger partial charge in [0.1, 0.15) is 18.3 Å². The molecular weight excluding hydrogens is 216 g/mol. The van der Waals surface area contributed by atoms with Gasteiger partial charge in [0.05, 0.1) is 18.7 Å². The Morgan fingerprint density at radius 3 is 2.38 bits per heavy atom. The molecule has 7 heteroatoms. The molecule has 0 aliphatic carbocycles. The number of hydrogen-bond acceptors (Lipinski definition) is 7. The van der Waals surface area contributed by atoms with E-state index in [2.05, 4.69) is 0 Å². The molecule has 0 aromatic rings. The van der Waals surface area contributed by atoms with Crippen molar-refractivity contribution in [2.45, 2.75) is 24.4 Å². The zero-order valence-corrected chi connectivity index (χ0v) is 8.39. The molecule has 0 unspecified atom stereocenters. The van der Waals surface area contributed by atoms with Crippen molar-refractivity contribution in [3.63, 3.8) is 0 Å². The largest absolute Gasteiger partial charge is 0.394 e. The van der Waals surface area contributed by atoms with Crippen molar-refractivity contribution in [3.05, 3.63) is 12.2 Å². The van der Waals surface area contributed by atoms with E-state index in [0.717, 1.165) is 12.2 Å². The molecule has 6 N–H and O–H groups in total. The van der Waals surface area contributed by atoms with Crippen LogP contribution < -0.4 is 5.73 Å².